The van der Waals surface area contributed by atoms with E-state index in [2.05, 4.69) is 10.3 Å². The van der Waals surface area contributed by atoms with Crippen LogP contribution in [0.2, 0.25) is 10.0 Å². The van der Waals surface area contributed by atoms with Gasteiger partial charge in [-0.15, -0.1) is 0 Å². The fraction of sp³-hybridized carbons (Fsp3) is 0.167. The number of hydrogen-bond donors (Lipinski definition) is 1. The standard InChI is InChI=1S/C18H16Cl2N2O3/c1-11-5-3-4-6-13(11)7-8-17(24)25-10-16(23)22-18-15(20)9-14(19)12(2)21-18/h3-9H,10H2,1-2H3,(H,21,22,23)/b8-7+. The summed E-state index contributed by atoms with van der Waals surface area (Å²) in [5.74, 6) is -1.00. The van der Waals surface area contributed by atoms with Crippen LogP contribution in [-0.2, 0) is 14.3 Å². The molecule has 130 valence electrons. The number of nitrogens with one attached hydrogen (secondary N) is 1. The third-order valence-electron chi connectivity index (χ3n) is 3.30. The van der Waals surface area contributed by atoms with Crippen LogP contribution in [0.15, 0.2) is 36.4 Å². The first-order valence-electron chi connectivity index (χ1n) is 7.40. The number of pyridine rings is 1. The number of hydrogen-bond acceptors (Lipinski definition) is 4. The number of carbonyl (C=O) groups excluding carboxylic acids is 2. The topological polar surface area (TPSA) is 68.3 Å². The second-order valence-corrected chi connectivity index (χ2v) is 6.05. The normalized spacial score (nSPS) is 10.7. The summed E-state index contributed by atoms with van der Waals surface area (Å²) in [4.78, 5) is 27.6. The van der Waals surface area contributed by atoms with Crippen LogP contribution in [0.1, 0.15) is 16.8 Å². The molecule has 0 fully saturated rings. The van der Waals surface area contributed by atoms with Crippen LogP contribution >= 0.6 is 23.2 Å². The van der Waals surface area contributed by atoms with E-state index in [1.807, 2.05) is 31.2 Å². The van der Waals surface area contributed by atoms with Crippen molar-refractivity contribution in [1.82, 2.24) is 4.98 Å². The van der Waals surface area contributed by atoms with Crippen molar-refractivity contribution in [1.29, 1.82) is 0 Å². The second kappa shape index (κ2) is 8.65. The van der Waals surface area contributed by atoms with Gasteiger partial charge in [0.1, 0.15) is 0 Å². The Bertz CT molecular complexity index is 835. The van der Waals surface area contributed by atoms with Crippen molar-refractivity contribution in [3.8, 4) is 0 Å². The molecular weight excluding hydrogens is 363 g/mol. The maximum atomic E-state index is 11.8. The lowest BCUT2D eigenvalue weighted by Gasteiger charge is -2.08. The van der Waals surface area contributed by atoms with Crippen LogP contribution in [0.25, 0.3) is 6.08 Å². The first kappa shape index (κ1) is 19.0. The van der Waals surface area contributed by atoms with Gasteiger partial charge in [-0.05, 0) is 37.1 Å². The summed E-state index contributed by atoms with van der Waals surface area (Å²) in [6, 6.07) is 9.08. The minimum atomic E-state index is -0.621. The highest BCUT2D eigenvalue weighted by Gasteiger charge is 2.11. The van der Waals surface area contributed by atoms with Crippen LogP contribution in [0.4, 0.5) is 5.82 Å². The molecule has 2 aromatic rings. The average Bonchev–Trinajstić information content (AvgIpc) is 2.57. The Morgan fingerprint density at radius 3 is 2.64 bits per heavy atom. The highest BCUT2D eigenvalue weighted by Crippen LogP contribution is 2.25. The summed E-state index contributed by atoms with van der Waals surface area (Å²) in [6.45, 7) is 3.17. The lowest BCUT2D eigenvalue weighted by molar-refractivity contribution is -0.142. The van der Waals surface area contributed by atoms with E-state index >= 15 is 0 Å². The lowest BCUT2D eigenvalue weighted by atomic mass is 10.1. The number of aromatic nitrogens is 1. The van der Waals surface area contributed by atoms with Crippen molar-refractivity contribution in [3.63, 3.8) is 0 Å². The van der Waals surface area contributed by atoms with E-state index in [0.29, 0.717) is 10.7 Å². The quantitative estimate of drug-likeness (QED) is 0.625. The van der Waals surface area contributed by atoms with Crippen molar-refractivity contribution in [2.75, 3.05) is 11.9 Å². The summed E-state index contributed by atoms with van der Waals surface area (Å²) in [7, 11) is 0. The molecule has 25 heavy (non-hydrogen) atoms. The third-order valence-corrected chi connectivity index (χ3v) is 3.97. The molecule has 0 radical (unpaired) electrons. The van der Waals surface area contributed by atoms with E-state index in [0.717, 1.165) is 11.1 Å². The number of aryl methyl sites for hydroxylation is 2. The summed E-state index contributed by atoms with van der Waals surface area (Å²) < 4.78 is 4.90. The van der Waals surface area contributed by atoms with E-state index < -0.39 is 18.5 Å². The van der Waals surface area contributed by atoms with Crippen LogP contribution in [0.5, 0.6) is 0 Å². The molecule has 1 heterocycles. The van der Waals surface area contributed by atoms with Gasteiger partial charge in [0.25, 0.3) is 5.91 Å². The molecular formula is C18H16Cl2N2O3. The van der Waals surface area contributed by atoms with Gasteiger partial charge in [0.15, 0.2) is 12.4 Å². The minimum Gasteiger partial charge on any atom is -0.452 e. The van der Waals surface area contributed by atoms with Gasteiger partial charge >= 0.3 is 5.97 Å². The molecule has 7 heteroatoms. The molecule has 1 aromatic heterocycles. The molecule has 0 spiro atoms. The molecule has 0 saturated carbocycles. The van der Waals surface area contributed by atoms with Gasteiger partial charge in [-0.25, -0.2) is 9.78 Å². The Hall–Kier alpha value is -2.37. The first-order valence-corrected chi connectivity index (χ1v) is 8.15. The monoisotopic (exact) mass is 378 g/mol. The molecule has 2 rings (SSSR count). The van der Waals surface area contributed by atoms with E-state index in [1.165, 1.54) is 12.1 Å². The number of esters is 1. The SMILES string of the molecule is Cc1ccccc1/C=C/C(=O)OCC(=O)Nc1nc(C)c(Cl)cc1Cl. The Labute approximate surface area is 155 Å². The summed E-state index contributed by atoms with van der Waals surface area (Å²) in [5.41, 5.74) is 2.46. The predicted molar refractivity (Wildman–Crippen MR) is 98.8 cm³/mol. The zero-order chi connectivity index (χ0) is 18.4. The largest absolute Gasteiger partial charge is 0.452 e. The molecule has 0 unspecified atom stereocenters. The summed E-state index contributed by atoms with van der Waals surface area (Å²) >= 11 is 11.8. The lowest BCUT2D eigenvalue weighted by Crippen LogP contribution is -2.21. The number of carbonyl (C=O) groups is 2. The molecule has 0 aliphatic rings. The number of benzene rings is 1. The Morgan fingerprint density at radius 1 is 1.20 bits per heavy atom. The number of ether oxygens (including phenoxy) is 1. The predicted octanol–water partition coefficient (Wildman–Crippen LogP) is 4.20. The Morgan fingerprint density at radius 2 is 1.92 bits per heavy atom. The van der Waals surface area contributed by atoms with Crippen molar-refractivity contribution in [3.05, 3.63) is 63.3 Å². The number of nitrogens with zero attached hydrogens (tertiary/aromatic N) is 1. The summed E-state index contributed by atoms with van der Waals surface area (Å²) in [5, 5.41) is 3.08. The van der Waals surface area contributed by atoms with Gasteiger partial charge in [0.05, 0.1) is 15.7 Å². The molecule has 1 amide bonds. The Kier molecular flexibility index (Phi) is 6.56. The number of rotatable bonds is 5. The maximum Gasteiger partial charge on any atom is 0.331 e. The van der Waals surface area contributed by atoms with Gasteiger partial charge in [0, 0.05) is 6.08 Å². The molecule has 1 aromatic carbocycles. The number of amides is 1. The smallest absolute Gasteiger partial charge is 0.331 e. The number of anilines is 1. The van der Waals surface area contributed by atoms with Gasteiger partial charge in [-0.3, -0.25) is 4.79 Å². The van der Waals surface area contributed by atoms with Gasteiger partial charge < -0.3 is 10.1 Å². The van der Waals surface area contributed by atoms with Gasteiger partial charge in [-0.2, -0.15) is 0 Å². The van der Waals surface area contributed by atoms with E-state index in [9.17, 15) is 9.59 Å². The maximum absolute atomic E-state index is 11.8. The van der Waals surface area contributed by atoms with Crippen LogP contribution in [0.3, 0.4) is 0 Å². The van der Waals surface area contributed by atoms with E-state index in [1.54, 1.807) is 13.0 Å². The molecule has 5 nitrogen and oxygen atoms in total. The zero-order valence-corrected chi connectivity index (χ0v) is 15.2. The fourth-order valence-electron chi connectivity index (χ4n) is 1.93. The fourth-order valence-corrected chi connectivity index (χ4v) is 2.34. The Balaban J connectivity index is 1.89. The first-order chi connectivity index (χ1) is 11.9. The second-order valence-electron chi connectivity index (χ2n) is 5.23. The van der Waals surface area contributed by atoms with Crippen LogP contribution in [-0.4, -0.2) is 23.5 Å². The van der Waals surface area contributed by atoms with Gasteiger partial charge in [0.2, 0.25) is 0 Å². The molecule has 0 bridgehead atoms. The van der Waals surface area contributed by atoms with Crippen molar-refractivity contribution in [2.24, 2.45) is 0 Å². The zero-order valence-electron chi connectivity index (χ0n) is 13.7. The molecule has 0 aliphatic heterocycles. The summed E-state index contributed by atoms with van der Waals surface area (Å²) in [6.07, 6.45) is 2.91. The van der Waals surface area contributed by atoms with Crippen LogP contribution < -0.4 is 5.32 Å². The highest BCUT2D eigenvalue weighted by molar-refractivity contribution is 6.36. The van der Waals surface area contributed by atoms with Crippen LogP contribution in [0, 0.1) is 13.8 Å². The van der Waals surface area contributed by atoms with Crippen molar-refractivity contribution >= 4 is 47.0 Å². The average molecular weight is 379 g/mol. The van der Waals surface area contributed by atoms with Crippen molar-refractivity contribution < 1.29 is 14.3 Å². The molecule has 1 N–H and O–H groups in total. The molecule has 0 atom stereocenters. The third kappa shape index (κ3) is 5.59. The minimum absolute atomic E-state index is 0.167. The number of halogens is 2. The van der Waals surface area contributed by atoms with Gasteiger partial charge in [-0.1, -0.05) is 47.5 Å². The molecule has 0 saturated heterocycles. The van der Waals surface area contributed by atoms with Crippen molar-refractivity contribution in [2.45, 2.75) is 13.8 Å². The van der Waals surface area contributed by atoms with E-state index in [4.69, 9.17) is 27.9 Å². The molecule has 0 aliphatic carbocycles. The van der Waals surface area contributed by atoms with E-state index in [-0.39, 0.29) is 10.8 Å². The highest BCUT2D eigenvalue weighted by atomic mass is 35.5.